The second-order valence-corrected chi connectivity index (χ2v) is 9.79. The summed E-state index contributed by atoms with van der Waals surface area (Å²) >= 11 is 4.21. The van der Waals surface area contributed by atoms with Gasteiger partial charge in [0, 0.05) is 20.9 Å². The molecule has 0 N–H and O–H groups in total. The molecule has 2 nitrogen and oxygen atoms in total. The van der Waals surface area contributed by atoms with Crippen LogP contribution in [0.4, 0.5) is 0 Å². The van der Waals surface area contributed by atoms with Crippen LogP contribution in [0.1, 0.15) is 40.8 Å². The molecule has 0 spiro atoms. The molecule has 0 saturated carbocycles. The molecule has 5 rings (SSSR count). The zero-order chi connectivity index (χ0) is 21.0. The molecular weight excluding hydrogens is 511 g/mol. The molecule has 0 aliphatic carbocycles. The maximum Gasteiger partial charge on any atom is 0.209 e. The fourth-order valence-corrected chi connectivity index (χ4v) is 5.56. The molecule has 0 bridgehead atoms. The van der Waals surface area contributed by atoms with Gasteiger partial charge in [0.15, 0.2) is 0 Å². The normalized spacial score (nSPS) is 19.8. The van der Waals surface area contributed by atoms with Crippen molar-refractivity contribution in [2.24, 2.45) is 0 Å². The summed E-state index contributed by atoms with van der Waals surface area (Å²) in [5.41, 5.74) is 5.35. The fourth-order valence-electron chi connectivity index (χ4n) is 4.39. The number of hydrazine groups is 1. The quantitative estimate of drug-likeness (QED) is 0.195. The SMILES string of the molecule is Ic1ccccc1CN1C(c2ccccc2)CC(c2ccccc2)/[N+]1=C\c1ccsc1. The number of nitrogens with zero attached hydrogens (tertiary/aromatic N) is 2. The van der Waals surface area contributed by atoms with E-state index in [1.165, 1.54) is 25.8 Å². The van der Waals surface area contributed by atoms with E-state index in [9.17, 15) is 0 Å². The summed E-state index contributed by atoms with van der Waals surface area (Å²) in [6.07, 6.45) is 3.38. The molecule has 2 atom stereocenters. The minimum Gasteiger partial charge on any atom is -0.173 e. The molecular formula is C27H24IN2S+. The van der Waals surface area contributed by atoms with Crippen LogP contribution in [-0.4, -0.2) is 15.9 Å². The second kappa shape index (κ2) is 9.37. The lowest BCUT2D eigenvalue weighted by atomic mass is 9.97. The smallest absolute Gasteiger partial charge is 0.173 e. The fraction of sp³-hybridized carbons (Fsp3) is 0.148. The third-order valence-electron chi connectivity index (χ3n) is 5.91. The zero-order valence-corrected chi connectivity index (χ0v) is 20.1. The summed E-state index contributed by atoms with van der Waals surface area (Å²) in [5, 5.41) is 6.93. The van der Waals surface area contributed by atoms with E-state index in [0.717, 1.165) is 13.0 Å². The van der Waals surface area contributed by atoms with Gasteiger partial charge in [-0.1, -0.05) is 78.9 Å². The highest BCUT2D eigenvalue weighted by Crippen LogP contribution is 2.42. The van der Waals surface area contributed by atoms with Crippen molar-refractivity contribution in [3.63, 3.8) is 0 Å². The van der Waals surface area contributed by atoms with Crippen LogP contribution in [0, 0.1) is 3.57 Å². The Hall–Kier alpha value is -2.44. The third kappa shape index (κ3) is 4.46. The van der Waals surface area contributed by atoms with Crippen molar-refractivity contribution in [3.8, 4) is 0 Å². The molecule has 0 amide bonds. The number of hydrazone groups is 1. The third-order valence-corrected chi connectivity index (χ3v) is 7.66. The van der Waals surface area contributed by atoms with Crippen molar-refractivity contribution < 1.29 is 4.68 Å². The zero-order valence-electron chi connectivity index (χ0n) is 17.1. The van der Waals surface area contributed by atoms with Gasteiger partial charge in [0.25, 0.3) is 0 Å². The van der Waals surface area contributed by atoms with Crippen molar-refractivity contribution in [2.45, 2.75) is 25.0 Å². The molecule has 154 valence electrons. The van der Waals surface area contributed by atoms with Gasteiger partial charge in [0.2, 0.25) is 12.3 Å². The molecule has 1 aliphatic heterocycles. The predicted octanol–water partition coefficient (Wildman–Crippen LogP) is 7.09. The van der Waals surface area contributed by atoms with E-state index in [1.54, 1.807) is 11.3 Å². The van der Waals surface area contributed by atoms with Gasteiger partial charge in [-0.15, -0.1) is 4.68 Å². The van der Waals surface area contributed by atoms with Gasteiger partial charge in [-0.3, -0.25) is 0 Å². The van der Waals surface area contributed by atoms with Gasteiger partial charge >= 0.3 is 0 Å². The Morgan fingerprint density at radius 2 is 1.55 bits per heavy atom. The molecule has 1 aromatic heterocycles. The van der Waals surface area contributed by atoms with Crippen molar-refractivity contribution >= 4 is 40.1 Å². The molecule has 31 heavy (non-hydrogen) atoms. The summed E-state index contributed by atoms with van der Waals surface area (Å²) in [6, 6.07) is 33.4. The topological polar surface area (TPSA) is 6.25 Å². The second-order valence-electron chi connectivity index (χ2n) is 7.84. The number of benzene rings is 3. The predicted molar refractivity (Wildman–Crippen MR) is 137 cm³/mol. The van der Waals surface area contributed by atoms with E-state index in [-0.39, 0.29) is 0 Å². The van der Waals surface area contributed by atoms with Crippen molar-refractivity contribution in [3.05, 3.63) is 128 Å². The van der Waals surface area contributed by atoms with Crippen molar-refractivity contribution in [1.29, 1.82) is 0 Å². The lowest BCUT2D eigenvalue weighted by Crippen LogP contribution is -2.32. The molecule has 3 aromatic carbocycles. The Morgan fingerprint density at radius 1 is 0.871 bits per heavy atom. The molecule has 0 radical (unpaired) electrons. The maximum atomic E-state index is 2.56. The Morgan fingerprint density at radius 3 is 2.23 bits per heavy atom. The highest BCUT2D eigenvalue weighted by atomic mass is 127. The number of hydrogen-bond acceptors (Lipinski definition) is 2. The van der Waals surface area contributed by atoms with E-state index in [4.69, 9.17) is 0 Å². The first-order valence-electron chi connectivity index (χ1n) is 10.5. The molecule has 1 fully saturated rings. The highest BCUT2D eigenvalue weighted by molar-refractivity contribution is 14.1. The van der Waals surface area contributed by atoms with Crippen LogP contribution in [0.15, 0.2) is 102 Å². The minimum absolute atomic E-state index is 0.299. The summed E-state index contributed by atoms with van der Waals surface area (Å²) in [6.45, 7) is 0.878. The average molecular weight is 535 g/mol. The van der Waals surface area contributed by atoms with Gasteiger partial charge in [0.1, 0.15) is 6.04 Å². The number of hydrogen-bond donors (Lipinski definition) is 0. The largest absolute Gasteiger partial charge is 0.209 e. The number of thiophene rings is 1. The minimum atomic E-state index is 0.299. The van der Waals surface area contributed by atoms with Crippen LogP contribution in [0.5, 0.6) is 0 Å². The van der Waals surface area contributed by atoms with Gasteiger partial charge in [-0.2, -0.15) is 16.3 Å². The number of halogens is 1. The monoisotopic (exact) mass is 535 g/mol. The lowest BCUT2D eigenvalue weighted by Gasteiger charge is -2.23. The van der Waals surface area contributed by atoms with Crippen molar-refractivity contribution in [2.75, 3.05) is 0 Å². The van der Waals surface area contributed by atoms with Crippen LogP contribution in [0.25, 0.3) is 0 Å². The van der Waals surface area contributed by atoms with Crippen LogP contribution in [-0.2, 0) is 6.54 Å². The standard InChI is InChI=1S/C27H24IN2S/c28-25-14-8-7-13-24(25)19-30-27(23-11-5-2-6-12-23)17-26(22-9-3-1-4-10-22)29(30)18-21-15-16-31-20-21/h1-16,18,20,26-27H,17,19H2/q+1/b29-18+. The molecule has 4 aromatic rings. The van der Waals surface area contributed by atoms with E-state index in [0.29, 0.717) is 12.1 Å². The van der Waals surface area contributed by atoms with Crippen molar-refractivity contribution in [1.82, 2.24) is 5.01 Å². The Labute approximate surface area is 201 Å². The molecule has 1 aliphatic rings. The first kappa shape index (κ1) is 20.5. The lowest BCUT2D eigenvalue weighted by molar-refractivity contribution is -0.704. The maximum absolute atomic E-state index is 2.56. The Kier molecular flexibility index (Phi) is 6.18. The van der Waals surface area contributed by atoms with E-state index < -0.39 is 0 Å². The Balaban J connectivity index is 1.63. The summed E-state index contributed by atoms with van der Waals surface area (Å²) in [7, 11) is 0. The average Bonchev–Trinajstić information content (AvgIpc) is 3.45. The van der Waals surface area contributed by atoms with Crippen LogP contribution < -0.4 is 0 Å². The van der Waals surface area contributed by atoms with Crippen LogP contribution >= 0.6 is 33.9 Å². The first-order chi connectivity index (χ1) is 15.3. The number of rotatable bonds is 5. The van der Waals surface area contributed by atoms with Crippen LogP contribution in [0.2, 0.25) is 0 Å². The molecule has 2 heterocycles. The van der Waals surface area contributed by atoms with E-state index >= 15 is 0 Å². The summed E-state index contributed by atoms with van der Waals surface area (Å²) in [5.74, 6) is 0. The first-order valence-corrected chi connectivity index (χ1v) is 12.6. The summed E-state index contributed by atoms with van der Waals surface area (Å²) < 4.78 is 3.79. The van der Waals surface area contributed by atoms with E-state index in [1.807, 2.05) is 0 Å². The van der Waals surface area contributed by atoms with E-state index in [2.05, 4.69) is 140 Å². The molecule has 4 heteroatoms. The molecule has 1 saturated heterocycles. The van der Waals surface area contributed by atoms with Gasteiger partial charge in [0.05, 0.1) is 12.1 Å². The molecule has 2 unspecified atom stereocenters. The van der Waals surface area contributed by atoms with Gasteiger partial charge in [-0.25, -0.2) is 0 Å². The Bertz CT molecular complexity index is 1160. The summed E-state index contributed by atoms with van der Waals surface area (Å²) in [4.78, 5) is 0. The van der Waals surface area contributed by atoms with Crippen LogP contribution in [0.3, 0.4) is 0 Å². The van der Waals surface area contributed by atoms with Gasteiger partial charge < -0.3 is 0 Å². The van der Waals surface area contributed by atoms with Gasteiger partial charge in [-0.05, 0) is 51.2 Å². The highest BCUT2D eigenvalue weighted by Gasteiger charge is 2.44.